The molecule has 3 aromatic rings. The minimum Gasteiger partial charge on any atom is -0.379 e. The fourth-order valence-electron chi connectivity index (χ4n) is 4.66. The van der Waals surface area contributed by atoms with Gasteiger partial charge in [0.2, 0.25) is 5.91 Å². The minimum atomic E-state index is -0.395. The molecule has 3 aromatic heterocycles. The number of fused-ring (bicyclic) bond motifs is 1. The number of morpholine rings is 1. The number of carbonyl (C=O) groups is 2. The molecule has 3 aliphatic rings. The van der Waals surface area contributed by atoms with Gasteiger partial charge in [0.05, 0.1) is 31.5 Å². The van der Waals surface area contributed by atoms with Gasteiger partial charge in [0, 0.05) is 67.8 Å². The summed E-state index contributed by atoms with van der Waals surface area (Å²) in [5.74, 6) is 0.697. The van der Waals surface area contributed by atoms with Gasteiger partial charge in [0.25, 0.3) is 11.5 Å². The third kappa shape index (κ3) is 5.18. The molecule has 5 heterocycles. The number of carbonyl (C=O) groups excluding carboxylic acids is 2. The van der Waals surface area contributed by atoms with Crippen molar-refractivity contribution in [1.29, 1.82) is 0 Å². The topological polar surface area (TPSA) is 123 Å². The second-order valence-corrected chi connectivity index (χ2v) is 9.81. The van der Waals surface area contributed by atoms with E-state index in [4.69, 9.17) is 9.72 Å². The van der Waals surface area contributed by atoms with Crippen LogP contribution in [-0.2, 0) is 20.9 Å². The molecular formula is C26H29N7O4. The molecule has 0 bridgehead atoms. The standard InChI is InChI=1S/C26H29N7O4/c34-23-12-19(26(36)30-23)11-20-16-28-33-22(27-15-17-1-2-17)14-21(29-25(20)33)18-3-4-32(24(35)13-18)6-5-31-7-9-37-10-8-31/h3-4,11,13-14,16-17,27H,1-2,5-10,12,15H2,(H,30,34,36)/b19-11+. The Labute approximate surface area is 213 Å². The largest absolute Gasteiger partial charge is 0.379 e. The number of rotatable bonds is 8. The van der Waals surface area contributed by atoms with E-state index in [-0.39, 0.29) is 17.9 Å². The van der Waals surface area contributed by atoms with E-state index in [0.717, 1.165) is 45.2 Å². The van der Waals surface area contributed by atoms with Gasteiger partial charge in [-0.3, -0.25) is 24.6 Å². The van der Waals surface area contributed by atoms with Crippen LogP contribution >= 0.6 is 0 Å². The molecule has 0 spiro atoms. The molecule has 0 radical (unpaired) electrons. The van der Waals surface area contributed by atoms with Crippen molar-refractivity contribution in [2.75, 3.05) is 44.7 Å². The first-order chi connectivity index (χ1) is 18.0. The number of hydrogen-bond acceptors (Lipinski definition) is 8. The Kier molecular flexibility index (Phi) is 6.31. The van der Waals surface area contributed by atoms with E-state index in [1.54, 1.807) is 27.4 Å². The molecule has 192 valence electrons. The van der Waals surface area contributed by atoms with Crippen molar-refractivity contribution in [2.45, 2.75) is 25.8 Å². The van der Waals surface area contributed by atoms with Crippen LogP contribution in [-0.4, -0.2) is 75.3 Å². The first-order valence-corrected chi connectivity index (χ1v) is 12.7. The van der Waals surface area contributed by atoms with Crippen molar-refractivity contribution in [2.24, 2.45) is 5.92 Å². The average Bonchev–Trinajstić information content (AvgIpc) is 3.56. The van der Waals surface area contributed by atoms with Crippen LogP contribution in [0.1, 0.15) is 24.8 Å². The van der Waals surface area contributed by atoms with Crippen LogP contribution in [0.3, 0.4) is 0 Å². The van der Waals surface area contributed by atoms with Crippen LogP contribution in [0.2, 0.25) is 0 Å². The lowest BCUT2D eigenvalue weighted by molar-refractivity contribution is -0.124. The number of ether oxygens (including phenoxy) is 1. The van der Waals surface area contributed by atoms with Crippen LogP contribution in [0.25, 0.3) is 23.0 Å². The van der Waals surface area contributed by atoms with Crippen molar-refractivity contribution in [3.8, 4) is 11.3 Å². The van der Waals surface area contributed by atoms with E-state index in [9.17, 15) is 14.4 Å². The molecule has 2 amide bonds. The highest BCUT2D eigenvalue weighted by Crippen LogP contribution is 2.30. The van der Waals surface area contributed by atoms with Crippen LogP contribution in [0.5, 0.6) is 0 Å². The number of pyridine rings is 1. The summed E-state index contributed by atoms with van der Waals surface area (Å²) in [6.07, 6.45) is 7.56. The molecule has 37 heavy (non-hydrogen) atoms. The van der Waals surface area contributed by atoms with Gasteiger partial charge < -0.3 is 14.6 Å². The number of aromatic nitrogens is 4. The number of hydrogen-bond donors (Lipinski definition) is 2. The number of amides is 2. The summed E-state index contributed by atoms with van der Waals surface area (Å²) in [7, 11) is 0. The number of nitrogens with one attached hydrogen (secondary N) is 2. The third-order valence-electron chi connectivity index (χ3n) is 7.05. The van der Waals surface area contributed by atoms with Gasteiger partial charge in [-0.05, 0) is 30.9 Å². The normalized spacial score (nSPS) is 19.6. The SMILES string of the molecule is O=C1C/C(=C\c2cnn3c(NCC4CC4)cc(-c4ccn(CCN5CCOCC5)c(=O)c4)nc23)C(=O)N1. The van der Waals surface area contributed by atoms with Crippen molar-refractivity contribution in [1.82, 2.24) is 29.4 Å². The Balaban J connectivity index is 1.32. The molecule has 6 rings (SSSR count). The molecule has 0 atom stereocenters. The van der Waals surface area contributed by atoms with Gasteiger partial charge in [-0.1, -0.05) is 0 Å². The molecule has 1 saturated carbocycles. The third-order valence-corrected chi connectivity index (χ3v) is 7.05. The van der Waals surface area contributed by atoms with E-state index in [1.807, 2.05) is 18.3 Å². The summed E-state index contributed by atoms with van der Waals surface area (Å²) in [5.41, 5.74) is 2.81. The van der Waals surface area contributed by atoms with Crippen LogP contribution < -0.4 is 16.2 Å². The average molecular weight is 504 g/mol. The second kappa shape index (κ2) is 9.91. The fourth-order valence-corrected chi connectivity index (χ4v) is 4.66. The van der Waals surface area contributed by atoms with E-state index in [0.29, 0.717) is 40.5 Å². The predicted octanol–water partition coefficient (Wildman–Crippen LogP) is 1.14. The Hall–Kier alpha value is -3.83. The van der Waals surface area contributed by atoms with E-state index < -0.39 is 5.91 Å². The molecule has 11 nitrogen and oxygen atoms in total. The van der Waals surface area contributed by atoms with Gasteiger partial charge in [-0.15, -0.1) is 0 Å². The lowest BCUT2D eigenvalue weighted by atomic mass is 10.1. The lowest BCUT2D eigenvalue weighted by Crippen LogP contribution is -2.39. The smallest absolute Gasteiger partial charge is 0.254 e. The number of imide groups is 1. The number of anilines is 1. The Morgan fingerprint density at radius 1 is 1.14 bits per heavy atom. The Morgan fingerprint density at radius 3 is 2.70 bits per heavy atom. The Bertz CT molecular complexity index is 1450. The summed E-state index contributed by atoms with van der Waals surface area (Å²) in [4.78, 5) is 43.8. The monoisotopic (exact) mass is 503 g/mol. The molecule has 3 fully saturated rings. The van der Waals surface area contributed by atoms with E-state index in [2.05, 4.69) is 20.6 Å². The van der Waals surface area contributed by atoms with Crippen LogP contribution in [0.4, 0.5) is 5.82 Å². The first-order valence-electron chi connectivity index (χ1n) is 12.7. The zero-order valence-electron chi connectivity index (χ0n) is 20.5. The van der Waals surface area contributed by atoms with Crippen molar-refractivity contribution in [3.63, 3.8) is 0 Å². The summed E-state index contributed by atoms with van der Waals surface area (Å²) < 4.78 is 8.82. The molecule has 1 aliphatic carbocycles. The van der Waals surface area contributed by atoms with Crippen LogP contribution in [0.15, 0.2) is 41.0 Å². The highest BCUT2D eigenvalue weighted by molar-refractivity contribution is 6.15. The summed E-state index contributed by atoms with van der Waals surface area (Å²) in [6, 6.07) is 5.42. The molecule has 0 aromatic carbocycles. The quantitative estimate of drug-likeness (QED) is 0.347. The predicted molar refractivity (Wildman–Crippen MR) is 137 cm³/mol. The fraction of sp³-hybridized carbons (Fsp3) is 0.423. The zero-order valence-corrected chi connectivity index (χ0v) is 20.5. The molecule has 11 heteroatoms. The maximum atomic E-state index is 12.9. The van der Waals surface area contributed by atoms with E-state index >= 15 is 0 Å². The van der Waals surface area contributed by atoms with Crippen molar-refractivity contribution < 1.29 is 14.3 Å². The lowest BCUT2D eigenvalue weighted by Gasteiger charge is -2.26. The first kappa shape index (κ1) is 23.6. The van der Waals surface area contributed by atoms with Gasteiger partial charge in [-0.25, -0.2) is 4.98 Å². The van der Waals surface area contributed by atoms with Gasteiger partial charge in [0.15, 0.2) is 5.65 Å². The summed E-state index contributed by atoms with van der Waals surface area (Å²) in [5, 5.41) is 10.3. The zero-order chi connectivity index (χ0) is 25.4. The molecule has 2 aliphatic heterocycles. The highest BCUT2D eigenvalue weighted by Gasteiger charge is 2.25. The second-order valence-electron chi connectivity index (χ2n) is 9.81. The van der Waals surface area contributed by atoms with E-state index in [1.165, 1.54) is 12.8 Å². The van der Waals surface area contributed by atoms with Crippen molar-refractivity contribution in [3.05, 3.63) is 52.1 Å². The van der Waals surface area contributed by atoms with Crippen molar-refractivity contribution >= 4 is 29.4 Å². The molecule has 2 saturated heterocycles. The van der Waals surface area contributed by atoms with Gasteiger partial charge >= 0.3 is 0 Å². The number of nitrogens with zero attached hydrogens (tertiary/aromatic N) is 5. The van der Waals surface area contributed by atoms with Gasteiger partial charge in [-0.2, -0.15) is 9.61 Å². The summed E-state index contributed by atoms with van der Waals surface area (Å²) in [6.45, 7) is 5.46. The van der Waals surface area contributed by atoms with Crippen LogP contribution in [0, 0.1) is 5.92 Å². The Morgan fingerprint density at radius 2 is 1.97 bits per heavy atom. The molecule has 2 N–H and O–H groups in total. The maximum Gasteiger partial charge on any atom is 0.254 e. The highest BCUT2D eigenvalue weighted by atomic mass is 16.5. The van der Waals surface area contributed by atoms with Gasteiger partial charge in [0.1, 0.15) is 5.82 Å². The summed E-state index contributed by atoms with van der Waals surface area (Å²) >= 11 is 0. The minimum absolute atomic E-state index is 0.0331. The molecular weight excluding hydrogens is 474 g/mol. The molecule has 0 unspecified atom stereocenters. The maximum absolute atomic E-state index is 12.9.